The van der Waals surface area contributed by atoms with E-state index >= 15 is 0 Å². The lowest BCUT2D eigenvalue weighted by atomic mass is 10.1. The van der Waals surface area contributed by atoms with Gasteiger partial charge in [-0.15, -0.1) is 11.3 Å². The highest BCUT2D eigenvalue weighted by Gasteiger charge is 2.19. The van der Waals surface area contributed by atoms with Crippen LogP contribution in [0.25, 0.3) is 0 Å². The van der Waals surface area contributed by atoms with Crippen molar-refractivity contribution in [3.05, 3.63) is 15.8 Å². The average molecular weight is 285 g/mol. The number of esters is 1. The molecule has 0 radical (unpaired) electrons. The van der Waals surface area contributed by atoms with Crippen molar-refractivity contribution in [2.24, 2.45) is 5.92 Å². The highest BCUT2D eigenvalue weighted by atomic mass is 32.1. The fourth-order valence-corrected chi connectivity index (χ4v) is 2.61. The maximum Gasteiger partial charge on any atom is 0.350 e. The number of nitrogens with one attached hydrogen (secondary N) is 1. The van der Waals surface area contributed by atoms with Gasteiger partial charge in [0.1, 0.15) is 4.88 Å². The summed E-state index contributed by atoms with van der Waals surface area (Å²) in [7, 11) is 2.93. The van der Waals surface area contributed by atoms with Gasteiger partial charge in [0.15, 0.2) is 0 Å². The van der Waals surface area contributed by atoms with Crippen molar-refractivity contribution in [2.75, 3.05) is 26.1 Å². The van der Waals surface area contributed by atoms with Crippen LogP contribution in [0.4, 0.5) is 5.69 Å². The first-order valence-corrected chi connectivity index (χ1v) is 6.82. The standard InChI is InChI=1S/C13H19NO4S/c1-8(6-17-3)5-10(15)14-11-9(2)7-19-12(11)13(16)18-4/h7-8H,5-6H2,1-4H3,(H,14,15). The van der Waals surface area contributed by atoms with E-state index in [9.17, 15) is 9.59 Å². The Bertz CT molecular complexity index is 455. The number of anilines is 1. The molecule has 1 aromatic heterocycles. The summed E-state index contributed by atoms with van der Waals surface area (Å²) in [5, 5.41) is 4.60. The fourth-order valence-electron chi connectivity index (χ4n) is 1.69. The number of carbonyl (C=O) groups excluding carboxylic acids is 2. The third-order valence-corrected chi connectivity index (χ3v) is 3.67. The van der Waals surface area contributed by atoms with E-state index in [1.807, 2.05) is 19.2 Å². The first-order chi connectivity index (χ1) is 8.99. The number of aryl methyl sites for hydroxylation is 1. The molecular formula is C13H19NO4S. The largest absolute Gasteiger partial charge is 0.465 e. The van der Waals surface area contributed by atoms with E-state index in [4.69, 9.17) is 9.47 Å². The highest BCUT2D eigenvalue weighted by molar-refractivity contribution is 7.12. The predicted octanol–water partition coefficient (Wildman–Crippen LogP) is 2.45. The summed E-state index contributed by atoms with van der Waals surface area (Å²) in [4.78, 5) is 23.9. The van der Waals surface area contributed by atoms with E-state index in [0.717, 1.165) is 5.56 Å². The number of ether oxygens (including phenoxy) is 2. The Morgan fingerprint density at radius 2 is 2.11 bits per heavy atom. The van der Waals surface area contributed by atoms with E-state index in [0.29, 0.717) is 23.6 Å². The van der Waals surface area contributed by atoms with Crippen LogP contribution >= 0.6 is 11.3 Å². The molecule has 0 aliphatic rings. The molecular weight excluding hydrogens is 266 g/mol. The molecule has 106 valence electrons. The number of rotatable bonds is 6. The van der Waals surface area contributed by atoms with Gasteiger partial charge in [-0.3, -0.25) is 4.79 Å². The Morgan fingerprint density at radius 3 is 2.68 bits per heavy atom. The fraction of sp³-hybridized carbons (Fsp3) is 0.538. The Hall–Kier alpha value is -1.40. The van der Waals surface area contributed by atoms with Crippen molar-refractivity contribution in [1.82, 2.24) is 0 Å². The summed E-state index contributed by atoms with van der Waals surface area (Å²) >= 11 is 1.27. The van der Waals surface area contributed by atoms with Crippen molar-refractivity contribution < 1.29 is 19.1 Å². The van der Waals surface area contributed by atoms with Gasteiger partial charge in [-0.2, -0.15) is 0 Å². The molecule has 1 unspecified atom stereocenters. The Morgan fingerprint density at radius 1 is 1.42 bits per heavy atom. The van der Waals surface area contributed by atoms with Crippen molar-refractivity contribution >= 4 is 28.9 Å². The van der Waals surface area contributed by atoms with Crippen LogP contribution in [0.1, 0.15) is 28.6 Å². The molecule has 1 aromatic rings. The third-order valence-electron chi connectivity index (χ3n) is 2.60. The zero-order valence-corrected chi connectivity index (χ0v) is 12.4. The van der Waals surface area contributed by atoms with Crippen molar-refractivity contribution in [1.29, 1.82) is 0 Å². The number of methoxy groups -OCH3 is 2. The van der Waals surface area contributed by atoms with Gasteiger partial charge in [0, 0.05) is 20.1 Å². The molecule has 1 atom stereocenters. The minimum absolute atomic E-state index is 0.129. The lowest BCUT2D eigenvalue weighted by molar-refractivity contribution is -0.117. The molecule has 0 aromatic carbocycles. The molecule has 0 aliphatic carbocycles. The van der Waals surface area contributed by atoms with Crippen LogP contribution in [-0.2, 0) is 14.3 Å². The number of thiophene rings is 1. The molecule has 0 spiro atoms. The quantitative estimate of drug-likeness (QED) is 0.815. The Balaban J connectivity index is 2.73. The molecule has 0 fully saturated rings. The van der Waals surface area contributed by atoms with Gasteiger partial charge < -0.3 is 14.8 Å². The summed E-state index contributed by atoms with van der Waals surface area (Å²) in [6, 6.07) is 0. The summed E-state index contributed by atoms with van der Waals surface area (Å²) in [6.45, 7) is 4.31. The maximum absolute atomic E-state index is 11.9. The van der Waals surface area contributed by atoms with E-state index < -0.39 is 5.97 Å². The lowest BCUT2D eigenvalue weighted by Crippen LogP contribution is -2.19. The second-order valence-electron chi connectivity index (χ2n) is 4.43. The lowest BCUT2D eigenvalue weighted by Gasteiger charge is -2.11. The van der Waals surface area contributed by atoms with E-state index in [-0.39, 0.29) is 11.8 Å². The maximum atomic E-state index is 11.9. The van der Waals surface area contributed by atoms with Gasteiger partial charge in [0.2, 0.25) is 5.91 Å². The molecule has 1 N–H and O–H groups in total. The summed E-state index contributed by atoms with van der Waals surface area (Å²) in [5.74, 6) is -0.430. The van der Waals surface area contributed by atoms with Crippen LogP contribution in [0.2, 0.25) is 0 Å². The average Bonchev–Trinajstić information content (AvgIpc) is 2.70. The molecule has 0 bridgehead atoms. The van der Waals surface area contributed by atoms with Crippen LogP contribution in [0.5, 0.6) is 0 Å². The van der Waals surface area contributed by atoms with Crippen LogP contribution in [0, 0.1) is 12.8 Å². The minimum Gasteiger partial charge on any atom is -0.465 e. The van der Waals surface area contributed by atoms with Gasteiger partial charge in [0.25, 0.3) is 0 Å². The van der Waals surface area contributed by atoms with Gasteiger partial charge >= 0.3 is 5.97 Å². The summed E-state index contributed by atoms with van der Waals surface area (Å²) in [6.07, 6.45) is 0.351. The second-order valence-corrected chi connectivity index (χ2v) is 5.31. The van der Waals surface area contributed by atoms with Crippen molar-refractivity contribution in [3.63, 3.8) is 0 Å². The first kappa shape index (κ1) is 15.7. The van der Waals surface area contributed by atoms with E-state index in [2.05, 4.69) is 5.32 Å². The molecule has 1 heterocycles. The smallest absolute Gasteiger partial charge is 0.350 e. The first-order valence-electron chi connectivity index (χ1n) is 5.94. The van der Waals surface area contributed by atoms with Crippen molar-refractivity contribution in [2.45, 2.75) is 20.3 Å². The van der Waals surface area contributed by atoms with Crippen LogP contribution in [0.3, 0.4) is 0 Å². The van der Waals surface area contributed by atoms with Crippen LogP contribution < -0.4 is 5.32 Å². The zero-order valence-electron chi connectivity index (χ0n) is 11.6. The molecule has 19 heavy (non-hydrogen) atoms. The second kappa shape index (κ2) is 7.25. The van der Waals surface area contributed by atoms with E-state index in [1.54, 1.807) is 7.11 Å². The molecule has 5 nitrogen and oxygen atoms in total. The number of hydrogen-bond acceptors (Lipinski definition) is 5. The topological polar surface area (TPSA) is 64.6 Å². The van der Waals surface area contributed by atoms with Gasteiger partial charge in [-0.25, -0.2) is 4.79 Å². The van der Waals surface area contributed by atoms with Gasteiger partial charge in [0.05, 0.1) is 12.8 Å². The molecule has 6 heteroatoms. The zero-order chi connectivity index (χ0) is 14.4. The molecule has 1 rings (SSSR count). The van der Waals surface area contributed by atoms with Crippen LogP contribution in [0.15, 0.2) is 5.38 Å². The molecule has 0 saturated heterocycles. The highest BCUT2D eigenvalue weighted by Crippen LogP contribution is 2.28. The van der Waals surface area contributed by atoms with Crippen LogP contribution in [-0.4, -0.2) is 32.7 Å². The molecule has 1 amide bonds. The monoisotopic (exact) mass is 285 g/mol. The SMILES string of the molecule is COCC(C)CC(=O)Nc1c(C)csc1C(=O)OC. The number of amides is 1. The van der Waals surface area contributed by atoms with Gasteiger partial charge in [-0.05, 0) is 23.8 Å². The number of hydrogen-bond donors (Lipinski definition) is 1. The Labute approximate surface area is 116 Å². The Kier molecular flexibility index (Phi) is 5.98. The third kappa shape index (κ3) is 4.33. The predicted molar refractivity (Wildman–Crippen MR) is 74.7 cm³/mol. The summed E-state index contributed by atoms with van der Waals surface area (Å²) in [5.41, 5.74) is 1.41. The van der Waals surface area contributed by atoms with Gasteiger partial charge in [-0.1, -0.05) is 6.92 Å². The molecule has 0 saturated carbocycles. The summed E-state index contributed by atoms with van der Waals surface area (Å²) < 4.78 is 9.68. The number of carbonyl (C=O) groups is 2. The van der Waals surface area contributed by atoms with Crippen molar-refractivity contribution in [3.8, 4) is 0 Å². The normalized spacial score (nSPS) is 12.0. The molecule has 0 aliphatic heterocycles. The van der Waals surface area contributed by atoms with E-state index in [1.165, 1.54) is 18.4 Å². The minimum atomic E-state index is -0.432.